The van der Waals surface area contributed by atoms with E-state index in [-0.39, 0.29) is 54.1 Å². The van der Waals surface area contributed by atoms with Crippen molar-refractivity contribution in [1.29, 1.82) is 0 Å². The number of rotatable bonds is 11. The molecule has 0 radical (unpaired) electrons. The van der Waals surface area contributed by atoms with Crippen molar-refractivity contribution in [3.63, 3.8) is 0 Å². The van der Waals surface area contributed by atoms with Gasteiger partial charge in [-0.15, -0.1) is 0 Å². The molecule has 1 saturated heterocycles. The molecule has 1 heterocycles. The van der Waals surface area contributed by atoms with E-state index < -0.39 is 72.6 Å². The van der Waals surface area contributed by atoms with Crippen LogP contribution in [0, 0.1) is 23.3 Å². The normalized spacial score (nSPS) is 17.5. The van der Waals surface area contributed by atoms with E-state index in [0.29, 0.717) is 5.56 Å². The van der Waals surface area contributed by atoms with Crippen molar-refractivity contribution in [3.05, 3.63) is 101 Å². The lowest BCUT2D eigenvalue weighted by molar-refractivity contribution is -0.143. The second kappa shape index (κ2) is 14.7. The summed E-state index contributed by atoms with van der Waals surface area (Å²) >= 11 is 0. The maximum atomic E-state index is 14.9. The first-order valence-electron chi connectivity index (χ1n) is 14.0. The lowest BCUT2D eigenvalue weighted by Gasteiger charge is -2.33. The molecule has 0 aliphatic carbocycles. The van der Waals surface area contributed by atoms with Crippen LogP contribution in [0.25, 0.3) is 0 Å². The van der Waals surface area contributed by atoms with Crippen LogP contribution >= 0.6 is 0 Å². The zero-order chi connectivity index (χ0) is 32.7. The Bertz CT molecular complexity index is 1480. The van der Waals surface area contributed by atoms with Crippen LogP contribution in [-0.2, 0) is 16.0 Å². The number of carbonyl (C=O) groups excluding carboxylic acids is 1. The van der Waals surface area contributed by atoms with Crippen LogP contribution in [0.15, 0.2) is 60.7 Å². The lowest BCUT2D eigenvalue weighted by atomic mass is 9.87. The van der Waals surface area contributed by atoms with Gasteiger partial charge in [0.2, 0.25) is 5.91 Å². The predicted octanol–water partition coefficient (Wildman–Crippen LogP) is 6.24. The van der Waals surface area contributed by atoms with E-state index in [1.165, 1.54) is 42.5 Å². The van der Waals surface area contributed by atoms with Crippen molar-refractivity contribution in [2.24, 2.45) is 0 Å². The van der Waals surface area contributed by atoms with Crippen LogP contribution in [-0.4, -0.2) is 66.6 Å². The van der Waals surface area contributed by atoms with Crippen molar-refractivity contribution in [2.75, 3.05) is 31.6 Å². The van der Waals surface area contributed by atoms with E-state index in [0.717, 1.165) is 18.2 Å². The Morgan fingerprint density at radius 2 is 1.69 bits per heavy atom. The smallest absolute Gasteiger partial charge is 0.407 e. The largest absolute Gasteiger partial charge is 0.465 e. The van der Waals surface area contributed by atoms with Crippen molar-refractivity contribution in [2.45, 2.75) is 43.5 Å². The third kappa shape index (κ3) is 9.41. The first-order chi connectivity index (χ1) is 21.3. The minimum atomic E-state index is -4.69. The number of anilines is 1. The summed E-state index contributed by atoms with van der Waals surface area (Å²) < 4.78 is 101. The molecule has 0 aromatic heterocycles. The highest BCUT2D eigenvalue weighted by molar-refractivity contribution is 5.92. The number of nitrogens with zero attached hydrogens (tertiary/aromatic N) is 1. The van der Waals surface area contributed by atoms with Gasteiger partial charge in [-0.1, -0.05) is 30.3 Å². The van der Waals surface area contributed by atoms with E-state index in [1.807, 2.05) is 0 Å². The average molecular weight is 642 g/mol. The Hall–Kier alpha value is -4.17. The number of ether oxygens (including phenoxy) is 1. The molecule has 3 aromatic carbocycles. The molecule has 0 saturated carbocycles. The third-order valence-corrected chi connectivity index (χ3v) is 7.38. The first-order valence-corrected chi connectivity index (χ1v) is 14.0. The number of alkyl halides is 3. The molecule has 0 spiro atoms. The Morgan fingerprint density at radius 1 is 1.00 bits per heavy atom. The number of benzene rings is 3. The highest BCUT2D eigenvalue weighted by Crippen LogP contribution is 2.32. The van der Waals surface area contributed by atoms with Gasteiger partial charge in [0, 0.05) is 42.7 Å². The fourth-order valence-corrected chi connectivity index (χ4v) is 5.18. The molecule has 3 atom stereocenters. The van der Waals surface area contributed by atoms with Crippen molar-refractivity contribution < 1.29 is 50.2 Å². The fourth-order valence-electron chi connectivity index (χ4n) is 5.18. The standard InChI is InChI=1S/C31H30F7N3O4/c32-19-9-7-18(8-10-19)24(22-3-1-5-26(34)29(22)35)13-28(42)40-27-6-2-4-25(33)23(27)12-11-21-14-39-20(16-45-21)15-41(30(43)44)17-31(36,37)38/h1-10,20-21,24,39H,11-17H2,(H,40,42)(H,43,44)/t20?,21?,24-/m0/s1. The van der Waals surface area contributed by atoms with Crippen molar-refractivity contribution in [1.82, 2.24) is 10.2 Å². The lowest BCUT2D eigenvalue weighted by Crippen LogP contribution is -2.53. The Morgan fingerprint density at radius 3 is 2.33 bits per heavy atom. The van der Waals surface area contributed by atoms with Gasteiger partial charge < -0.3 is 20.5 Å². The quantitative estimate of drug-likeness (QED) is 0.216. The number of carbonyl (C=O) groups is 2. The second-order valence-electron chi connectivity index (χ2n) is 10.6. The zero-order valence-electron chi connectivity index (χ0n) is 23.7. The van der Waals surface area contributed by atoms with Crippen LogP contribution in [0.1, 0.15) is 35.4 Å². The van der Waals surface area contributed by atoms with Gasteiger partial charge in [0.25, 0.3) is 0 Å². The number of nitrogens with one attached hydrogen (secondary N) is 2. The summed E-state index contributed by atoms with van der Waals surface area (Å²) in [6.07, 6.45) is -6.92. The molecule has 45 heavy (non-hydrogen) atoms. The van der Waals surface area contributed by atoms with Gasteiger partial charge in [0.05, 0.1) is 12.7 Å². The van der Waals surface area contributed by atoms with Gasteiger partial charge >= 0.3 is 12.3 Å². The number of carboxylic acid groups (broad SMARTS) is 1. The van der Waals surface area contributed by atoms with E-state index in [2.05, 4.69) is 10.6 Å². The molecule has 1 aliphatic heterocycles. The number of hydrogen-bond donors (Lipinski definition) is 3. The molecule has 242 valence electrons. The summed E-state index contributed by atoms with van der Waals surface area (Å²) in [5.41, 5.74) is 0.541. The second-order valence-corrected chi connectivity index (χ2v) is 10.6. The monoisotopic (exact) mass is 641 g/mol. The minimum Gasteiger partial charge on any atom is -0.465 e. The van der Waals surface area contributed by atoms with Gasteiger partial charge in [0.15, 0.2) is 11.6 Å². The molecule has 2 unspecified atom stereocenters. The summed E-state index contributed by atoms with van der Waals surface area (Å²) in [5.74, 6) is -5.06. The molecule has 1 fully saturated rings. The number of morpholine rings is 1. The van der Waals surface area contributed by atoms with Crippen LogP contribution in [0.3, 0.4) is 0 Å². The van der Waals surface area contributed by atoms with E-state index in [4.69, 9.17) is 9.84 Å². The molecule has 14 heteroatoms. The third-order valence-electron chi connectivity index (χ3n) is 7.38. The van der Waals surface area contributed by atoms with Crippen LogP contribution in [0.4, 0.5) is 41.2 Å². The van der Waals surface area contributed by atoms with Crippen molar-refractivity contribution in [3.8, 4) is 0 Å². The molecule has 7 nitrogen and oxygen atoms in total. The molecule has 3 aromatic rings. The fraction of sp³-hybridized carbons (Fsp3) is 0.355. The molecular weight excluding hydrogens is 611 g/mol. The van der Waals surface area contributed by atoms with Crippen LogP contribution in [0.5, 0.6) is 0 Å². The summed E-state index contributed by atoms with van der Waals surface area (Å²) in [5, 5.41) is 14.7. The summed E-state index contributed by atoms with van der Waals surface area (Å²) in [6, 6.07) is 11.9. The molecule has 0 bridgehead atoms. The predicted molar refractivity (Wildman–Crippen MR) is 150 cm³/mol. The zero-order valence-corrected chi connectivity index (χ0v) is 23.7. The molecule has 4 rings (SSSR count). The van der Waals surface area contributed by atoms with Crippen LogP contribution in [0.2, 0.25) is 0 Å². The minimum absolute atomic E-state index is 0.0748. The number of hydrogen-bond acceptors (Lipinski definition) is 4. The summed E-state index contributed by atoms with van der Waals surface area (Å²) in [7, 11) is 0. The van der Waals surface area contributed by atoms with E-state index >= 15 is 0 Å². The number of halogens is 7. The maximum absolute atomic E-state index is 14.9. The van der Waals surface area contributed by atoms with Gasteiger partial charge in [-0.05, 0) is 54.3 Å². The van der Waals surface area contributed by atoms with Crippen molar-refractivity contribution >= 4 is 17.7 Å². The van der Waals surface area contributed by atoms with Gasteiger partial charge in [-0.2, -0.15) is 13.2 Å². The van der Waals surface area contributed by atoms with E-state index in [9.17, 15) is 40.3 Å². The average Bonchev–Trinajstić information content (AvgIpc) is 2.97. The highest BCUT2D eigenvalue weighted by atomic mass is 19.4. The Labute approximate surface area is 254 Å². The van der Waals surface area contributed by atoms with Gasteiger partial charge in [-0.3, -0.25) is 9.69 Å². The molecular formula is C31H30F7N3O4. The summed E-state index contributed by atoms with van der Waals surface area (Å²) in [4.78, 5) is 24.6. The van der Waals surface area contributed by atoms with Gasteiger partial charge in [0.1, 0.15) is 18.2 Å². The van der Waals surface area contributed by atoms with Crippen LogP contribution < -0.4 is 10.6 Å². The topological polar surface area (TPSA) is 90.9 Å². The summed E-state index contributed by atoms with van der Waals surface area (Å²) in [6.45, 7) is -1.97. The number of amides is 2. The SMILES string of the molecule is O=C(C[C@@H](c1ccc(F)cc1)c1cccc(F)c1F)Nc1cccc(F)c1CCC1CNC(CN(CC(F)(F)F)C(=O)O)CO1. The highest BCUT2D eigenvalue weighted by Gasteiger charge is 2.35. The maximum Gasteiger partial charge on any atom is 0.407 e. The molecule has 2 amide bonds. The molecule has 1 aliphatic rings. The Kier molecular flexibility index (Phi) is 11.0. The van der Waals surface area contributed by atoms with E-state index in [1.54, 1.807) is 0 Å². The first kappa shape index (κ1) is 33.7. The molecule has 3 N–H and O–H groups in total. The Balaban J connectivity index is 1.40. The van der Waals surface area contributed by atoms with Gasteiger partial charge in [-0.25, -0.2) is 22.4 Å².